The zero-order valence-corrected chi connectivity index (χ0v) is 17.5. The lowest BCUT2D eigenvalue weighted by Crippen LogP contribution is -2.50. The maximum Gasteiger partial charge on any atom is 0.276 e. The molecule has 0 bridgehead atoms. The number of carbonyl (C=O) groups excluding carboxylic acids is 2. The molecule has 0 aliphatic carbocycles. The summed E-state index contributed by atoms with van der Waals surface area (Å²) in [5, 5.41) is 6.87. The van der Waals surface area contributed by atoms with Gasteiger partial charge in [-0.2, -0.15) is 5.10 Å². The van der Waals surface area contributed by atoms with E-state index in [1.165, 1.54) is 15.6 Å². The van der Waals surface area contributed by atoms with Crippen molar-refractivity contribution >= 4 is 17.5 Å². The van der Waals surface area contributed by atoms with E-state index in [1.807, 2.05) is 49.4 Å². The van der Waals surface area contributed by atoms with Gasteiger partial charge in [-0.05, 0) is 43.7 Å². The molecule has 1 aliphatic heterocycles. The van der Waals surface area contributed by atoms with Crippen LogP contribution in [0.5, 0.6) is 5.75 Å². The van der Waals surface area contributed by atoms with Crippen molar-refractivity contribution in [2.75, 3.05) is 18.6 Å². The maximum atomic E-state index is 12.9. The highest BCUT2D eigenvalue weighted by Gasteiger charge is 2.31. The van der Waals surface area contributed by atoms with Crippen molar-refractivity contribution in [1.82, 2.24) is 15.1 Å². The molecule has 0 spiro atoms. The first kappa shape index (κ1) is 20.3. The van der Waals surface area contributed by atoms with Gasteiger partial charge in [-0.3, -0.25) is 14.4 Å². The number of aromatic nitrogens is 2. The van der Waals surface area contributed by atoms with E-state index in [4.69, 9.17) is 4.74 Å². The first-order chi connectivity index (χ1) is 14.8. The molecule has 8 nitrogen and oxygen atoms in total. The third-order valence-electron chi connectivity index (χ3n) is 5.14. The Balaban J connectivity index is 1.61. The van der Waals surface area contributed by atoms with E-state index in [9.17, 15) is 14.4 Å². The van der Waals surface area contributed by atoms with E-state index in [2.05, 4.69) is 10.4 Å². The van der Waals surface area contributed by atoms with Gasteiger partial charge in [0.2, 0.25) is 5.43 Å². The van der Waals surface area contributed by atoms with Gasteiger partial charge >= 0.3 is 0 Å². The number of likely N-dealkylation sites (N-methyl/N-ethyl adjacent to an activating group) is 1. The Bertz CT molecular complexity index is 1220. The number of hydrogen-bond donors (Lipinski definition) is 1. The van der Waals surface area contributed by atoms with Crippen molar-refractivity contribution in [3.05, 3.63) is 81.8 Å². The zero-order valence-electron chi connectivity index (χ0n) is 17.5. The normalized spacial score (nSPS) is 15.6. The number of carbonyl (C=O) groups is 2. The molecule has 8 heteroatoms. The quantitative estimate of drug-likeness (QED) is 0.702. The second-order valence-electron chi connectivity index (χ2n) is 7.45. The van der Waals surface area contributed by atoms with E-state index < -0.39 is 17.4 Å². The van der Waals surface area contributed by atoms with Crippen molar-refractivity contribution in [3.8, 4) is 11.4 Å². The summed E-state index contributed by atoms with van der Waals surface area (Å²) in [5.74, 6) is -0.508. The number of fused-ring (bicyclic) bond motifs is 1. The Morgan fingerprint density at radius 2 is 1.84 bits per heavy atom. The lowest BCUT2D eigenvalue weighted by atomic mass is 10.2. The highest BCUT2D eigenvalue weighted by atomic mass is 16.5. The van der Waals surface area contributed by atoms with Gasteiger partial charge in [0.25, 0.3) is 11.8 Å². The van der Waals surface area contributed by atoms with Crippen molar-refractivity contribution in [3.63, 3.8) is 0 Å². The minimum absolute atomic E-state index is 0.0515. The van der Waals surface area contributed by atoms with E-state index >= 15 is 0 Å². The van der Waals surface area contributed by atoms with E-state index in [0.29, 0.717) is 22.8 Å². The Kier molecular flexibility index (Phi) is 5.29. The molecule has 2 heterocycles. The molecule has 0 unspecified atom stereocenters. The number of nitrogens with zero attached hydrogens (tertiary/aromatic N) is 3. The molecule has 3 aromatic rings. The number of amides is 2. The first-order valence-electron chi connectivity index (χ1n) is 9.83. The summed E-state index contributed by atoms with van der Waals surface area (Å²) in [4.78, 5) is 39.7. The van der Waals surface area contributed by atoms with Crippen LogP contribution in [0.2, 0.25) is 0 Å². The highest BCUT2D eigenvalue weighted by molar-refractivity contribution is 6.02. The average Bonchev–Trinajstić information content (AvgIpc) is 2.86. The number of nitrogens with one attached hydrogen (secondary N) is 1. The smallest absolute Gasteiger partial charge is 0.276 e. The largest absolute Gasteiger partial charge is 0.489 e. The standard InChI is InChI=1S/C23H22N4O4/c1-14-9-10-18-20(11-14)31-13-17(23(30)26(18)3)24-22(29)21-19(28)12-15(2)27(25-21)16-7-5-4-6-8-16/h4-12,17H,13H2,1-3H3,(H,24,29)/t17-/m0/s1. The predicted octanol–water partition coefficient (Wildman–Crippen LogP) is 2.00. The maximum absolute atomic E-state index is 12.9. The van der Waals surface area contributed by atoms with E-state index in [-0.39, 0.29) is 18.2 Å². The van der Waals surface area contributed by atoms with Gasteiger partial charge in [-0.25, -0.2) is 4.68 Å². The fourth-order valence-corrected chi connectivity index (χ4v) is 3.48. The van der Waals surface area contributed by atoms with Crippen LogP contribution >= 0.6 is 0 Å². The van der Waals surface area contributed by atoms with E-state index in [0.717, 1.165) is 5.56 Å². The van der Waals surface area contributed by atoms with Crippen molar-refractivity contribution < 1.29 is 14.3 Å². The van der Waals surface area contributed by atoms with Crippen LogP contribution in [0.25, 0.3) is 5.69 Å². The summed E-state index contributed by atoms with van der Waals surface area (Å²) >= 11 is 0. The fraction of sp³-hybridized carbons (Fsp3) is 0.217. The van der Waals surface area contributed by atoms with E-state index in [1.54, 1.807) is 20.0 Å². The van der Waals surface area contributed by atoms with Gasteiger partial charge in [0, 0.05) is 18.8 Å². The summed E-state index contributed by atoms with van der Waals surface area (Å²) in [7, 11) is 1.62. The summed E-state index contributed by atoms with van der Waals surface area (Å²) in [6, 6.07) is 15.1. The second kappa shape index (κ2) is 8.06. The molecule has 2 amide bonds. The number of hydrogen-bond acceptors (Lipinski definition) is 5. The summed E-state index contributed by atoms with van der Waals surface area (Å²) < 4.78 is 7.30. The Morgan fingerprint density at radius 3 is 2.58 bits per heavy atom. The Hall–Kier alpha value is -3.94. The molecular formula is C23H22N4O4. The average molecular weight is 418 g/mol. The number of rotatable bonds is 3. The van der Waals surface area contributed by atoms with Gasteiger partial charge in [0.05, 0.1) is 11.4 Å². The van der Waals surface area contributed by atoms with Crippen LogP contribution in [-0.4, -0.2) is 41.3 Å². The molecule has 0 saturated heterocycles. The van der Waals surface area contributed by atoms with Crippen LogP contribution in [0, 0.1) is 13.8 Å². The second-order valence-corrected chi connectivity index (χ2v) is 7.45. The Labute approximate surface area is 179 Å². The predicted molar refractivity (Wildman–Crippen MR) is 116 cm³/mol. The van der Waals surface area contributed by atoms with Gasteiger partial charge in [0.1, 0.15) is 18.4 Å². The molecule has 0 radical (unpaired) electrons. The Morgan fingerprint density at radius 1 is 1.10 bits per heavy atom. The van der Waals surface area contributed by atoms with Crippen LogP contribution in [-0.2, 0) is 4.79 Å². The molecule has 1 N–H and O–H groups in total. The number of benzene rings is 2. The summed E-state index contributed by atoms with van der Waals surface area (Å²) in [6.45, 7) is 3.61. The minimum Gasteiger partial charge on any atom is -0.489 e. The van der Waals surface area contributed by atoms with Crippen molar-refractivity contribution in [2.45, 2.75) is 19.9 Å². The van der Waals surface area contributed by atoms with Gasteiger partial charge in [-0.15, -0.1) is 0 Å². The van der Waals surface area contributed by atoms with Gasteiger partial charge < -0.3 is 15.0 Å². The lowest BCUT2D eigenvalue weighted by molar-refractivity contribution is -0.120. The molecule has 1 aromatic heterocycles. The molecule has 1 aliphatic rings. The zero-order chi connectivity index (χ0) is 22.1. The van der Waals surface area contributed by atoms with Gasteiger partial charge in [-0.1, -0.05) is 24.3 Å². The minimum atomic E-state index is -0.960. The third kappa shape index (κ3) is 3.92. The monoisotopic (exact) mass is 418 g/mol. The number of anilines is 1. The molecule has 0 fully saturated rings. The van der Waals surface area contributed by atoms with Crippen LogP contribution in [0.15, 0.2) is 59.4 Å². The first-order valence-corrected chi connectivity index (χ1v) is 9.83. The third-order valence-corrected chi connectivity index (χ3v) is 5.14. The topological polar surface area (TPSA) is 93.5 Å². The molecule has 4 rings (SSSR count). The molecular weight excluding hydrogens is 396 g/mol. The highest BCUT2D eigenvalue weighted by Crippen LogP contribution is 2.31. The summed E-state index contributed by atoms with van der Waals surface area (Å²) in [6.07, 6.45) is 0. The number of aryl methyl sites for hydroxylation is 2. The van der Waals surface area contributed by atoms with Crippen LogP contribution < -0.4 is 20.4 Å². The lowest BCUT2D eigenvalue weighted by Gasteiger charge is -2.20. The molecule has 1 atom stereocenters. The number of para-hydroxylation sites is 1. The molecule has 0 saturated carbocycles. The van der Waals surface area contributed by atoms with Crippen LogP contribution in [0.3, 0.4) is 0 Å². The van der Waals surface area contributed by atoms with Crippen molar-refractivity contribution in [1.29, 1.82) is 0 Å². The fourth-order valence-electron chi connectivity index (χ4n) is 3.48. The van der Waals surface area contributed by atoms with Crippen molar-refractivity contribution in [2.24, 2.45) is 0 Å². The molecule has 2 aromatic carbocycles. The van der Waals surface area contributed by atoms with Crippen LogP contribution in [0.1, 0.15) is 21.7 Å². The van der Waals surface area contributed by atoms with Crippen LogP contribution in [0.4, 0.5) is 5.69 Å². The molecule has 158 valence electrons. The van der Waals surface area contributed by atoms with Gasteiger partial charge in [0.15, 0.2) is 5.69 Å². The molecule has 31 heavy (non-hydrogen) atoms. The number of ether oxygens (including phenoxy) is 1. The summed E-state index contributed by atoms with van der Waals surface area (Å²) in [5.41, 5.74) is 2.11. The SMILES string of the molecule is Cc1ccc2c(c1)OC[C@H](NC(=O)c1nn(-c3ccccc3)c(C)cc1=O)C(=O)N2C.